The number of nitrogens with one attached hydrogen (secondary N) is 3. The van der Waals surface area contributed by atoms with Crippen LogP contribution in [0, 0.1) is 0 Å². The van der Waals surface area contributed by atoms with Gasteiger partial charge in [-0.05, 0) is 67.5 Å². The molecule has 3 N–H and O–H groups in total. The molecule has 2 aromatic carbocycles. The van der Waals surface area contributed by atoms with Crippen LogP contribution in [0.25, 0.3) is 0 Å². The Balaban J connectivity index is 1.32. The molecule has 152 valence electrons. The highest BCUT2D eigenvalue weighted by molar-refractivity contribution is 6.01. The number of hydrogen-bond donors (Lipinski definition) is 3. The van der Waals surface area contributed by atoms with Gasteiger partial charge in [-0.3, -0.25) is 9.59 Å². The van der Waals surface area contributed by atoms with E-state index in [1.165, 1.54) is 17.5 Å². The highest BCUT2D eigenvalue weighted by atomic mass is 16.5. The third kappa shape index (κ3) is 4.95. The van der Waals surface area contributed by atoms with E-state index in [1.54, 1.807) is 6.07 Å². The van der Waals surface area contributed by atoms with Gasteiger partial charge >= 0.3 is 0 Å². The van der Waals surface area contributed by atoms with Gasteiger partial charge in [0.1, 0.15) is 0 Å². The first kappa shape index (κ1) is 19.5. The van der Waals surface area contributed by atoms with Crippen molar-refractivity contribution in [3.63, 3.8) is 0 Å². The number of para-hydroxylation sites is 1. The molecule has 1 aliphatic carbocycles. The van der Waals surface area contributed by atoms with Crippen LogP contribution in [-0.4, -0.2) is 37.6 Å². The van der Waals surface area contributed by atoms with Crippen LogP contribution in [0.1, 0.15) is 40.7 Å². The first-order valence-corrected chi connectivity index (χ1v) is 10.3. The molecule has 0 unspecified atom stereocenters. The number of ether oxygens (including phenoxy) is 1. The van der Waals surface area contributed by atoms with Crippen molar-refractivity contribution in [1.82, 2.24) is 5.32 Å². The molecule has 1 heterocycles. The number of carbonyl (C=O) groups excluding carboxylic acids is 2. The zero-order chi connectivity index (χ0) is 20.1. The lowest BCUT2D eigenvalue weighted by Crippen LogP contribution is -2.32. The molecular weight excluding hydrogens is 366 g/mol. The lowest BCUT2D eigenvalue weighted by molar-refractivity contribution is -0.114. The van der Waals surface area contributed by atoms with Gasteiger partial charge in [0.2, 0.25) is 5.91 Å². The van der Waals surface area contributed by atoms with Crippen LogP contribution in [0.5, 0.6) is 0 Å². The Bertz CT molecular complexity index is 891. The number of fused-ring (bicyclic) bond motifs is 1. The first-order valence-electron chi connectivity index (χ1n) is 10.3. The number of aryl methyl sites for hydroxylation is 2. The Morgan fingerprint density at radius 3 is 2.76 bits per heavy atom. The number of hydrogen-bond acceptors (Lipinski definition) is 4. The summed E-state index contributed by atoms with van der Waals surface area (Å²) in [5.74, 6) is -0.305. The molecule has 2 aromatic rings. The molecule has 1 aliphatic heterocycles. The van der Waals surface area contributed by atoms with Crippen LogP contribution in [0.3, 0.4) is 0 Å². The van der Waals surface area contributed by atoms with Crippen molar-refractivity contribution in [3.05, 3.63) is 59.2 Å². The molecule has 1 atom stereocenters. The molecular formula is C23H27N3O3. The van der Waals surface area contributed by atoms with Crippen LogP contribution in [-0.2, 0) is 22.4 Å². The maximum absolute atomic E-state index is 12.6. The van der Waals surface area contributed by atoms with Crippen LogP contribution < -0.4 is 16.0 Å². The SMILES string of the molecule is O=C(CNc1ccccc1C(=O)NC[C@H]1CCCO1)Nc1ccc2c(c1)CCC2. The second kappa shape index (κ2) is 9.09. The number of benzene rings is 2. The highest BCUT2D eigenvalue weighted by Crippen LogP contribution is 2.25. The average Bonchev–Trinajstić information content (AvgIpc) is 3.42. The van der Waals surface area contributed by atoms with E-state index < -0.39 is 0 Å². The molecule has 0 bridgehead atoms. The molecule has 2 amide bonds. The molecule has 6 nitrogen and oxygen atoms in total. The molecule has 0 aromatic heterocycles. The summed E-state index contributed by atoms with van der Waals surface area (Å²) >= 11 is 0. The van der Waals surface area contributed by atoms with Crippen molar-refractivity contribution in [2.24, 2.45) is 0 Å². The van der Waals surface area contributed by atoms with Crippen LogP contribution in [0.4, 0.5) is 11.4 Å². The van der Waals surface area contributed by atoms with Crippen molar-refractivity contribution in [2.75, 3.05) is 30.3 Å². The lowest BCUT2D eigenvalue weighted by atomic mass is 10.1. The zero-order valence-corrected chi connectivity index (χ0v) is 16.5. The summed E-state index contributed by atoms with van der Waals surface area (Å²) in [5.41, 5.74) is 4.69. The van der Waals surface area contributed by atoms with Gasteiger partial charge in [-0.1, -0.05) is 18.2 Å². The maximum Gasteiger partial charge on any atom is 0.253 e. The Morgan fingerprint density at radius 2 is 1.90 bits per heavy atom. The Kier molecular flexibility index (Phi) is 6.10. The fourth-order valence-electron chi connectivity index (χ4n) is 3.97. The van der Waals surface area contributed by atoms with Crippen molar-refractivity contribution in [2.45, 2.75) is 38.2 Å². The normalized spacial score (nSPS) is 17.6. The van der Waals surface area contributed by atoms with E-state index in [2.05, 4.69) is 28.1 Å². The predicted molar refractivity (Wildman–Crippen MR) is 113 cm³/mol. The third-order valence-electron chi connectivity index (χ3n) is 5.51. The van der Waals surface area contributed by atoms with E-state index in [4.69, 9.17) is 4.74 Å². The molecule has 0 saturated carbocycles. The van der Waals surface area contributed by atoms with Crippen molar-refractivity contribution in [3.8, 4) is 0 Å². The molecule has 1 fully saturated rings. The van der Waals surface area contributed by atoms with E-state index in [9.17, 15) is 9.59 Å². The predicted octanol–water partition coefficient (Wildman–Crippen LogP) is 3.13. The topological polar surface area (TPSA) is 79.5 Å². The average molecular weight is 393 g/mol. The molecule has 29 heavy (non-hydrogen) atoms. The van der Waals surface area contributed by atoms with E-state index in [0.717, 1.165) is 38.0 Å². The molecule has 1 saturated heterocycles. The minimum atomic E-state index is -0.164. The van der Waals surface area contributed by atoms with E-state index in [1.807, 2.05) is 24.3 Å². The highest BCUT2D eigenvalue weighted by Gasteiger charge is 2.18. The summed E-state index contributed by atoms with van der Waals surface area (Å²) < 4.78 is 5.55. The first-order chi connectivity index (χ1) is 14.2. The monoisotopic (exact) mass is 393 g/mol. The number of amides is 2. The van der Waals surface area contributed by atoms with Crippen molar-refractivity contribution in [1.29, 1.82) is 0 Å². The van der Waals surface area contributed by atoms with Gasteiger partial charge in [0.05, 0.1) is 18.2 Å². The van der Waals surface area contributed by atoms with Gasteiger partial charge in [0, 0.05) is 24.5 Å². The van der Waals surface area contributed by atoms with Crippen molar-refractivity contribution < 1.29 is 14.3 Å². The van der Waals surface area contributed by atoms with Gasteiger partial charge in [-0.15, -0.1) is 0 Å². The summed E-state index contributed by atoms with van der Waals surface area (Å²) in [6, 6.07) is 13.3. The van der Waals surface area contributed by atoms with Crippen LogP contribution in [0.2, 0.25) is 0 Å². The number of rotatable bonds is 7. The molecule has 6 heteroatoms. The summed E-state index contributed by atoms with van der Waals surface area (Å²) in [7, 11) is 0. The molecule has 2 aliphatic rings. The summed E-state index contributed by atoms with van der Waals surface area (Å²) in [4.78, 5) is 24.9. The van der Waals surface area contributed by atoms with E-state index in [-0.39, 0.29) is 24.5 Å². The molecule has 4 rings (SSSR count). The lowest BCUT2D eigenvalue weighted by Gasteiger charge is -2.14. The standard InChI is InChI=1S/C23H27N3O3/c27-22(26-18-11-10-16-5-3-6-17(16)13-18)15-24-21-9-2-1-8-20(21)23(28)25-14-19-7-4-12-29-19/h1-2,8-11,13,19,24H,3-7,12,14-15H2,(H,25,28)(H,26,27)/t19-/m1/s1. The van der Waals surface area contributed by atoms with Gasteiger partial charge in [-0.2, -0.15) is 0 Å². The summed E-state index contributed by atoms with van der Waals surface area (Å²) in [6.07, 6.45) is 5.49. The van der Waals surface area contributed by atoms with Crippen molar-refractivity contribution >= 4 is 23.2 Å². The minimum absolute atomic E-state index is 0.0904. The fraction of sp³-hybridized carbons (Fsp3) is 0.391. The second-order valence-corrected chi connectivity index (χ2v) is 7.63. The van der Waals surface area contributed by atoms with Gasteiger partial charge in [-0.25, -0.2) is 0 Å². The second-order valence-electron chi connectivity index (χ2n) is 7.63. The van der Waals surface area contributed by atoms with Crippen LogP contribution >= 0.6 is 0 Å². The maximum atomic E-state index is 12.6. The third-order valence-corrected chi connectivity index (χ3v) is 5.51. The number of carbonyl (C=O) groups is 2. The van der Waals surface area contributed by atoms with Gasteiger partial charge in [0.25, 0.3) is 5.91 Å². The fourth-order valence-corrected chi connectivity index (χ4v) is 3.97. The quantitative estimate of drug-likeness (QED) is 0.675. The molecule has 0 radical (unpaired) electrons. The molecule has 0 spiro atoms. The van der Waals surface area contributed by atoms with E-state index >= 15 is 0 Å². The Morgan fingerprint density at radius 1 is 1.03 bits per heavy atom. The minimum Gasteiger partial charge on any atom is -0.376 e. The summed E-state index contributed by atoms with van der Waals surface area (Å²) in [6.45, 7) is 1.36. The van der Waals surface area contributed by atoms with Crippen LogP contribution in [0.15, 0.2) is 42.5 Å². The Hall–Kier alpha value is -2.86. The number of anilines is 2. The largest absolute Gasteiger partial charge is 0.376 e. The van der Waals surface area contributed by atoms with E-state index in [0.29, 0.717) is 17.8 Å². The Labute approximate surface area is 171 Å². The zero-order valence-electron chi connectivity index (χ0n) is 16.5. The smallest absolute Gasteiger partial charge is 0.253 e. The summed E-state index contributed by atoms with van der Waals surface area (Å²) in [5, 5.41) is 8.95. The van der Waals surface area contributed by atoms with Gasteiger partial charge < -0.3 is 20.7 Å². The van der Waals surface area contributed by atoms with Gasteiger partial charge in [0.15, 0.2) is 0 Å².